The number of halogens is 2. The molecule has 0 radical (unpaired) electrons. The number of benzene rings is 2. The summed E-state index contributed by atoms with van der Waals surface area (Å²) >= 11 is 6.21. The number of hydrogen-bond acceptors (Lipinski definition) is 4. The Morgan fingerprint density at radius 3 is 2.81 bits per heavy atom. The highest BCUT2D eigenvalue weighted by Crippen LogP contribution is 2.40. The van der Waals surface area contributed by atoms with Crippen LogP contribution in [0.3, 0.4) is 0 Å². The van der Waals surface area contributed by atoms with Gasteiger partial charge in [-0.15, -0.1) is 0 Å². The standard InChI is InChI=1S/C26H27ClFN5O3/c1-32-24-19-12-18(27)8-9-22(19)36-15-20(24)23(31-32)25(34)33(14-17-4-2-3-5-21(17)28)11-10-29-26(35)30-13-16-6-7-16/h2-5,8-9,12,16H,6-7,10-11,13-15H2,1H3,(H2,29,30,35). The highest BCUT2D eigenvalue weighted by molar-refractivity contribution is 6.31. The summed E-state index contributed by atoms with van der Waals surface area (Å²) in [7, 11) is 1.76. The molecule has 2 heterocycles. The number of carbonyl (C=O) groups is 2. The van der Waals surface area contributed by atoms with Crippen molar-refractivity contribution in [2.45, 2.75) is 26.0 Å². The molecule has 2 aromatic carbocycles. The minimum atomic E-state index is -0.402. The molecule has 0 bridgehead atoms. The van der Waals surface area contributed by atoms with Gasteiger partial charge in [0.05, 0.1) is 5.69 Å². The molecule has 188 valence electrons. The van der Waals surface area contributed by atoms with Gasteiger partial charge in [0, 0.05) is 54.9 Å². The molecule has 36 heavy (non-hydrogen) atoms. The topological polar surface area (TPSA) is 88.5 Å². The number of ether oxygens (including phenoxy) is 1. The van der Waals surface area contributed by atoms with Crippen LogP contribution in [-0.4, -0.2) is 46.3 Å². The number of amides is 3. The summed E-state index contributed by atoms with van der Waals surface area (Å²) in [6, 6.07) is 11.4. The predicted molar refractivity (Wildman–Crippen MR) is 133 cm³/mol. The number of urea groups is 1. The first-order valence-corrected chi connectivity index (χ1v) is 12.3. The fraction of sp³-hybridized carbons (Fsp3) is 0.346. The first-order valence-electron chi connectivity index (χ1n) is 11.9. The van der Waals surface area contributed by atoms with Crippen LogP contribution in [0.15, 0.2) is 42.5 Å². The summed E-state index contributed by atoms with van der Waals surface area (Å²) in [5, 5.41) is 10.7. The molecular weight excluding hydrogens is 485 g/mol. The van der Waals surface area contributed by atoms with E-state index in [1.54, 1.807) is 48.1 Å². The lowest BCUT2D eigenvalue weighted by Gasteiger charge is -2.24. The van der Waals surface area contributed by atoms with Crippen molar-refractivity contribution in [3.63, 3.8) is 0 Å². The molecule has 1 fully saturated rings. The van der Waals surface area contributed by atoms with E-state index >= 15 is 0 Å². The number of aromatic nitrogens is 2. The second-order valence-corrected chi connectivity index (χ2v) is 9.56. The van der Waals surface area contributed by atoms with Gasteiger partial charge < -0.3 is 20.3 Å². The van der Waals surface area contributed by atoms with Gasteiger partial charge in [-0.2, -0.15) is 5.10 Å². The minimum Gasteiger partial charge on any atom is -0.488 e. The Kier molecular flexibility index (Phi) is 6.82. The van der Waals surface area contributed by atoms with E-state index in [4.69, 9.17) is 16.3 Å². The zero-order valence-corrected chi connectivity index (χ0v) is 20.6. The van der Waals surface area contributed by atoms with Crippen LogP contribution in [0.5, 0.6) is 5.75 Å². The van der Waals surface area contributed by atoms with Crippen molar-refractivity contribution >= 4 is 23.5 Å². The van der Waals surface area contributed by atoms with Crippen LogP contribution in [0.2, 0.25) is 5.02 Å². The third kappa shape index (κ3) is 5.16. The van der Waals surface area contributed by atoms with Gasteiger partial charge in [0.15, 0.2) is 5.69 Å². The lowest BCUT2D eigenvalue weighted by molar-refractivity contribution is 0.0734. The number of fused-ring (bicyclic) bond motifs is 3. The molecule has 0 spiro atoms. The first-order chi connectivity index (χ1) is 17.4. The third-order valence-electron chi connectivity index (χ3n) is 6.44. The van der Waals surface area contributed by atoms with E-state index in [2.05, 4.69) is 15.7 Å². The van der Waals surface area contributed by atoms with Crippen LogP contribution < -0.4 is 15.4 Å². The smallest absolute Gasteiger partial charge is 0.314 e. The number of hydrogen-bond donors (Lipinski definition) is 2. The van der Waals surface area contributed by atoms with Crippen molar-refractivity contribution < 1.29 is 18.7 Å². The molecule has 0 unspecified atom stereocenters. The Bertz CT molecular complexity index is 1310. The maximum absolute atomic E-state index is 14.5. The fourth-order valence-corrected chi connectivity index (χ4v) is 4.51. The molecule has 0 saturated heterocycles. The second kappa shape index (κ2) is 10.2. The van der Waals surface area contributed by atoms with Gasteiger partial charge in [-0.25, -0.2) is 9.18 Å². The lowest BCUT2D eigenvalue weighted by atomic mass is 10.0. The van der Waals surface area contributed by atoms with Gasteiger partial charge in [-0.1, -0.05) is 29.8 Å². The van der Waals surface area contributed by atoms with E-state index in [1.807, 2.05) is 0 Å². The van der Waals surface area contributed by atoms with Crippen molar-refractivity contribution in [3.05, 3.63) is 70.1 Å². The Morgan fingerprint density at radius 1 is 1.22 bits per heavy atom. The van der Waals surface area contributed by atoms with Crippen molar-refractivity contribution in [1.82, 2.24) is 25.3 Å². The average molecular weight is 512 g/mol. The van der Waals surface area contributed by atoms with E-state index in [0.717, 1.165) is 24.1 Å². The maximum Gasteiger partial charge on any atom is 0.314 e. The molecular formula is C26H27ClFN5O3. The van der Waals surface area contributed by atoms with Gasteiger partial charge >= 0.3 is 6.03 Å². The average Bonchev–Trinajstić information content (AvgIpc) is 3.64. The van der Waals surface area contributed by atoms with Gasteiger partial charge in [0.2, 0.25) is 0 Å². The Balaban J connectivity index is 1.38. The van der Waals surface area contributed by atoms with Gasteiger partial charge in [-0.05, 0) is 43.0 Å². The van der Waals surface area contributed by atoms with Gasteiger partial charge in [0.25, 0.3) is 5.91 Å². The van der Waals surface area contributed by atoms with Crippen LogP contribution in [0.1, 0.15) is 34.5 Å². The normalized spacial score (nSPS) is 13.9. The molecule has 8 nitrogen and oxygen atoms in total. The lowest BCUT2D eigenvalue weighted by Crippen LogP contribution is -2.42. The highest BCUT2D eigenvalue weighted by Gasteiger charge is 2.31. The third-order valence-corrected chi connectivity index (χ3v) is 6.67. The predicted octanol–water partition coefficient (Wildman–Crippen LogP) is 4.12. The highest BCUT2D eigenvalue weighted by atomic mass is 35.5. The maximum atomic E-state index is 14.5. The molecule has 1 aliphatic heterocycles. The SMILES string of the molecule is Cn1nc(C(=O)N(CCNC(=O)NCC2CC2)Cc2ccccc2F)c2c1-c1cc(Cl)ccc1OC2. The summed E-state index contributed by atoms with van der Waals surface area (Å²) < 4.78 is 22.0. The van der Waals surface area contributed by atoms with E-state index in [1.165, 1.54) is 11.0 Å². The Hall–Kier alpha value is -3.59. The molecule has 1 aliphatic carbocycles. The minimum absolute atomic E-state index is 0.0332. The molecule has 2 N–H and O–H groups in total. The van der Waals surface area contributed by atoms with Crippen molar-refractivity contribution in [2.75, 3.05) is 19.6 Å². The van der Waals surface area contributed by atoms with E-state index < -0.39 is 5.82 Å². The monoisotopic (exact) mass is 511 g/mol. The largest absolute Gasteiger partial charge is 0.488 e. The second-order valence-electron chi connectivity index (χ2n) is 9.13. The van der Waals surface area contributed by atoms with E-state index in [-0.39, 0.29) is 43.9 Å². The molecule has 3 aromatic rings. The number of nitrogens with one attached hydrogen (secondary N) is 2. The zero-order valence-electron chi connectivity index (χ0n) is 19.9. The first kappa shape index (κ1) is 24.1. The Morgan fingerprint density at radius 2 is 2.03 bits per heavy atom. The van der Waals surface area contributed by atoms with E-state index in [9.17, 15) is 14.0 Å². The molecule has 10 heteroatoms. The molecule has 5 rings (SSSR count). The quantitative estimate of drug-likeness (QED) is 0.476. The molecule has 0 atom stereocenters. The van der Waals surface area contributed by atoms with Crippen molar-refractivity contribution in [1.29, 1.82) is 0 Å². The van der Waals surface area contributed by atoms with E-state index in [0.29, 0.717) is 34.4 Å². The zero-order chi connectivity index (χ0) is 25.2. The van der Waals surface area contributed by atoms with Gasteiger partial charge in [0.1, 0.15) is 18.2 Å². The Labute approximate surface area is 213 Å². The summed E-state index contributed by atoms with van der Waals surface area (Å²) in [6.07, 6.45) is 2.28. The number of aryl methyl sites for hydroxylation is 1. The molecule has 1 aromatic heterocycles. The molecule has 2 aliphatic rings. The molecule has 1 saturated carbocycles. The summed E-state index contributed by atoms with van der Waals surface area (Å²) in [5.74, 6) is 0.454. The van der Waals surface area contributed by atoms with Crippen molar-refractivity contribution in [2.24, 2.45) is 13.0 Å². The summed E-state index contributed by atoms with van der Waals surface area (Å²) in [6.45, 7) is 1.24. The molecule has 3 amide bonds. The van der Waals surface area contributed by atoms with Crippen LogP contribution >= 0.6 is 11.6 Å². The van der Waals surface area contributed by atoms with Gasteiger partial charge in [-0.3, -0.25) is 9.48 Å². The number of nitrogens with zero attached hydrogens (tertiary/aromatic N) is 3. The van der Waals surface area contributed by atoms with Crippen LogP contribution in [0, 0.1) is 11.7 Å². The summed E-state index contributed by atoms with van der Waals surface area (Å²) in [5.41, 5.74) is 2.76. The number of rotatable bonds is 8. The van der Waals surface area contributed by atoms with Crippen LogP contribution in [-0.2, 0) is 20.2 Å². The number of carbonyl (C=O) groups excluding carboxylic acids is 2. The fourth-order valence-electron chi connectivity index (χ4n) is 4.34. The summed E-state index contributed by atoms with van der Waals surface area (Å²) in [4.78, 5) is 27.4. The van der Waals surface area contributed by atoms with Crippen molar-refractivity contribution in [3.8, 4) is 17.0 Å². The van der Waals surface area contributed by atoms with Crippen LogP contribution in [0.4, 0.5) is 9.18 Å². The van der Waals surface area contributed by atoms with Crippen LogP contribution in [0.25, 0.3) is 11.3 Å².